The van der Waals surface area contributed by atoms with Crippen LogP contribution in [-0.2, 0) is 12.8 Å². The molecule has 2 atom stereocenters. The molecule has 1 aliphatic carbocycles. The number of nitrogens with zero attached hydrogens (tertiary/aromatic N) is 3. The second kappa shape index (κ2) is 4.05. The number of fused-ring (bicyclic) bond motifs is 1. The highest BCUT2D eigenvalue weighted by Crippen LogP contribution is 2.32. The van der Waals surface area contributed by atoms with Gasteiger partial charge >= 0.3 is 0 Å². The predicted octanol–water partition coefficient (Wildman–Crippen LogP) is 2.11. The van der Waals surface area contributed by atoms with E-state index in [-0.39, 0.29) is 18.4 Å². The molecule has 0 radical (unpaired) electrons. The van der Waals surface area contributed by atoms with Gasteiger partial charge in [-0.05, 0) is 30.9 Å². The Morgan fingerprint density at radius 2 is 1.82 bits per heavy atom. The third-order valence-corrected chi connectivity index (χ3v) is 3.53. The highest BCUT2D eigenvalue weighted by Gasteiger charge is 2.35. The van der Waals surface area contributed by atoms with Crippen molar-refractivity contribution in [3.05, 3.63) is 16.5 Å². The van der Waals surface area contributed by atoms with Crippen molar-refractivity contribution < 1.29 is 8.78 Å². The van der Waals surface area contributed by atoms with Gasteiger partial charge in [0.15, 0.2) is 12.3 Å². The summed E-state index contributed by atoms with van der Waals surface area (Å²) in [6.45, 7) is 0.113. The van der Waals surface area contributed by atoms with E-state index in [1.165, 1.54) is 0 Å². The van der Waals surface area contributed by atoms with Gasteiger partial charge in [0, 0.05) is 5.56 Å². The highest BCUT2D eigenvalue weighted by molar-refractivity contribution is 6.28. The molecule has 3 rings (SSSR count). The van der Waals surface area contributed by atoms with Gasteiger partial charge in [0.05, 0.1) is 18.8 Å². The van der Waals surface area contributed by atoms with E-state index in [9.17, 15) is 8.78 Å². The second-order valence-electron chi connectivity index (χ2n) is 4.53. The lowest BCUT2D eigenvalue weighted by Gasteiger charge is -2.19. The highest BCUT2D eigenvalue weighted by atomic mass is 35.5. The third kappa shape index (κ3) is 1.86. The molecular formula is C11H12ClF2N3. The zero-order valence-corrected chi connectivity index (χ0v) is 9.92. The van der Waals surface area contributed by atoms with E-state index in [1.54, 1.807) is 4.90 Å². The summed E-state index contributed by atoms with van der Waals surface area (Å²) in [5, 5.41) is 0.165. The molecule has 0 amide bonds. The summed E-state index contributed by atoms with van der Waals surface area (Å²) in [6, 6.07) is 0. The van der Waals surface area contributed by atoms with E-state index in [2.05, 4.69) is 9.97 Å². The number of rotatable bonds is 1. The van der Waals surface area contributed by atoms with Gasteiger partial charge in [0.1, 0.15) is 5.82 Å². The van der Waals surface area contributed by atoms with Crippen LogP contribution in [0.5, 0.6) is 0 Å². The monoisotopic (exact) mass is 259 g/mol. The number of halogens is 3. The Bertz CT molecular complexity index is 445. The minimum absolute atomic E-state index is 0.0565. The van der Waals surface area contributed by atoms with Crippen molar-refractivity contribution in [1.29, 1.82) is 0 Å². The number of hydrogen-bond acceptors (Lipinski definition) is 3. The molecule has 2 heterocycles. The number of hydrogen-bond donors (Lipinski definition) is 0. The number of anilines is 1. The van der Waals surface area contributed by atoms with Crippen LogP contribution in [0.3, 0.4) is 0 Å². The first kappa shape index (κ1) is 11.1. The molecule has 3 nitrogen and oxygen atoms in total. The Morgan fingerprint density at radius 1 is 1.12 bits per heavy atom. The average Bonchev–Trinajstić information content (AvgIpc) is 2.85. The molecule has 0 saturated carbocycles. The quantitative estimate of drug-likeness (QED) is 0.724. The largest absolute Gasteiger partial charge is 0.350 e. The van der Waals surface area contributed by atoms with Gasteiger partial charge in [-0.3, -0.25) is 0 Å². The van der Waals surface area contributed by atoms with Crippen molar-refractivity contribution in [2.24, 2.45) is 0 Å². The maximum atomic E-state index is 13.2. The van der Waals surface area contributed by atoms with Gasteiger partial charge in [-0.2, -0.15) is 0 Å². The van der Waals surface area contributed by atoms with Crippen molar-refractivity contribution in [3.8, 4) is 0 Å². The van der Waals surface area contributed by atoms with Gasteiger partial charge in [-0.1, -0.05) is 0 Å². The Balaban J connectivity index is 1.98. The Kier molecular flexibility index (Phi) is 2.65. The minimum atomic E-state index is -1.43. The molecule has 1 saturated heterocycles. The zero-order chi connectivity index (χ0) is 12.0. The number of aryl methyl sites for hydroxylation is 1. The first-order valence-electron chi connectivity index (χ1n) is 5.73. The van der Waals surface area contributed by atoms with Crippen LogP contribution in [-0.4, -0.2) is 35.4 Å². The summed E-state index contributed by atoms with van der Waals surface area (Å²) in [5.74, 6) is 0.625. The van der Waals surface area contributed by atoms with Crippen LogP contribution in [0, 0.1) is 0 Å². The molecule has 1 aromatic rings. The lowest BCUT2D eigenvalue weighted by atomic mass is 10.2. The van der Waals surface area contributed by atoms with E-state index in [1.807, 2.05) is 0 Å². The van der Waals surface area contributed by atoms with Crippen LogP contribution >= 0.6 is 11.6 Å². The molecule has 0 unspecified atom stereocenters. The van der Waals surface area contributed by atoms with E-state index in [0.29, 0.717) is 5.82 Å². The molecule has 0 bridgehead atoms. The van der Waals surface area contributed by atoms with Crippen LogP contribution in [0.4, 0.5) is 14.6 Å². The van der Waals surface area contributed by atoms with Gasteiger partial charge in [0.2, 0.25) is 5.28 Å². The van der Waals surface area contributed by atoms with Crippen molar-refractivity contribution in [1.82, 2.24) is 9.97 Å². The van der Waals surface area contributed by atoms with Gasteiger partial charge in [-0.25, -0.2) is 18.7 Å². The van der Waals surface area contributed by atoms with Crippen LogP contribution in [0.15, 0.2) is 0 Å². The molecule has 6 heteroatoms. The Hall–Kier alpha value is -0.970. The molecule has 92 valence electrons. The first-order chi connectivity index (χ1) is 8.15. The Labute approximate surface area is 103 Å². The SMILES string of the molecule is F[C@H]1CN(c2nc(Cl)nc3c2CCC3)C[C@@H]1F. The molecule has 1 fully saturated rings. The van der Waals surface area contributed by atoms with E-state index < -0.39 is 12.3 Å². The van der Waals surface area contributed by atoms with E-state index in [4.69, 9.17) is 11.6 Å². The van der Waals surface area contributed by atoms with Crippen LogP contribution in [0.2, 0.25) is 5.28 Å². The Morgan fingerprint density at radius 3 is 2.53 bits per heavy atom. The fourth-order valence-corrected chi connectivity index (χ4v) is 2.72. The fourth-order valence-electron chi connectivity index (χ4n) is 2.54. The summed E-state index contributed by atoms with van der Waals surface area (Å²) in [5.41, 5.74) is 1.94. The lowest BCUT2D eigenvalue weighted by Crippen LogP contribution is -2.23. The maximum Gasteiger partial charge on any atom is 0.224 e. The summed E-state index contributed by atoms with van der Waals surface area (Å²) in [4.78, 5) is 9.95. The molecule has 2 aliphatic rings. The first-order valence-corrected chi connectivity index (χ1v) is 6.11. The zero-order valence-electron chi connectivity index (χ0n) is 9.17. The smallest absolute Gasteiger partial charge is 0.224 e. The molecule has 0 N–H and O–H groups in total. The van der Waals surface area contributed by atoms with Gasteiger partial charge in [-0.15, -0.1) is 0 Å². The molecule has 1 aromatic heterocycles. The molecule has 0 spiro atoms. The third-order valence-electron chi connectivity index (χ3n) is 3.37. The number of aromatic nitrogens is 2. The van der Waals surface area contributed by atoms with Crippen molar-refractivity contribution >= 4 is 17.4 Å². The van der Waals surface area contributed by atoms with Crippen molar-refractivity contribution in [2.75, 3.05) is 18.0 Å². The summed E-state index contributed by atoms with van der Waals surface area (Å²) < 4.78 is 26.4. The number of alkyl halides is 2. The van der Waals surface area contributed by atoms with Gasteiger partial charge < -0.3 is 4.90 Å². The summed E-state index contributed by atoms with van der Waals surface area (Å²) in [7, 11) is 0. The maximum absolute atomic E-state index is 13.2. The minimum Gasteiger partial charge on any atom is -0.350 e. The van der Waals surface area contributed by atoms with E-state index >= 15 is 0 Å². The van der Waals surface area contributed by atoms with Crippen LogP contribution in [0.25, 0.3) is 0 Å². The average molecular weight is 260 g/mol. The van der Waals surface area contributed by atoms with Crippen LogP contribution in [0.1, 0.15) is 17.7 Å². The standard InChI is InChI=1S/C11H12ClF2N3/c12-11-15-9-3-1-2-6(9)10(16-11)17-4-7(13)8(14)5-17/h7-8H,1-5H2/t7-,8-/m0/s1. The lowest BCUT2D eigenvalue weighted by molar-refractivity contribution is 0.217. The molecule has 17 heavy (non-hydrogen) atoms. The molecular weight excluding hydrogens is 248 g/mol. The van der Waals surface area contributed by atoms with E-state index in [0.717, 1.165) is 30.5 Å². The van der Waals surface area contributed by atoms with Crippen molar-refractivity contribution in [2.45, 2.75) is 31.6 Å². The van der Waals surface area contributed by atoms with Crippen molar-refractivity contribution in [3.63, 3.8) is 0 Å². The fraction of sp³-hybridized carbons (Fsp3) is 0.636. The normalized spacial score (nSPS) is 27.6. The summed E-state index contributed by atoms with van der Waals surface area (Å²) >= 11 is 5.84. The second-order valence-corrected chi connectivity index (χ2v) is 4.87. The summed E-state index contributed by atoms with van der Waals surface area (Å²) in [6.07, 6.45) is -0.118. The topological polar surface area (TPSA) is 29.0 Å². The predicted molar refractivity (Wildman–Crippen MR) is 61.1 cm³/mol. The van der Waals surface area contributed by atoms with Crippen LogP contribution < -0.4 is 4.90 Å². The molecule has 0 aromatic carbocycles. The molecule has 1 aliphatic heterocycles. The van der Waals surface area contributed by atoms with Gasteiger partial charge in [0.25, 0.3) is 0 Å².